The molecule has 0 saturated carbocycles. The Morgan fingerprint density at radius 1 is 0.833 bits per heavy atom. The molecule has 0 unspecified atom stereocenters. The van der Waals surface area contributed by atoms with Crippen LogP contribution in [-0.2, 0) is 9.59 Å². The Bertz CT molecular complexity index is 774. The maximum Gasteiger partial charge on any atom is 0.314 e. The Hall–Kier alpha value is -2.83. The van der Waals surface area contributed by atoms with Gasteiger partial charge in [-0.05, 0) is 35.7 Å². The number of rotatable bonds is 3. The number of hydrogen-bond donors (Lipinski definition) is 2. The van der Waals surface area contributed by atoms with Crippen molar-refractivity contribution in [2.45, 2.75) is 19.8 Å². The molecule has 126 valence electrons. The maximum atomic E-state index is 13.5. The third-order valence-electron chi connectivity index (χ3n) is 3.32. The third kappa shape index (κ3) is 3.92. The fourth-order valence-corrected chi connectivity index (χ4v) is 1.94. The second kappa shape index (κ2) is 7.16. The van der Waals surface area contributed by atoms with Crippen molar-refractivity contribution in [3.63, 3.8) is 0 Å². The lowest BCUT2D eigenvalue weighted by Crippen LogP contribution is -2.29. The number of carbonyl (C=O) groups excluding carboxylic acids is 2. The number of anilines is 2. The van der Waals surface area contributed by atoms with Crippen LogP contribution in [0, 0.1) is 17.5 Å². The molecule has 0 fully saturated rings. The number of carbonyl (C=O) groups is 2. The highest BCUT2D eigenvalue weighted by Gasteiger charge is 2.19. The lowest BCUT2D eigenvalue weighted by molar-refractivity contribution is -0.133. The van der Waals surface area contributed by atoms with Crippen LogP contribution in [0.1, 0.15) is 25.3 Å². The molecule has 0 saturated heterocycles. The van der Waals surface area contributed by atoms with Crippen molar-refractivity contribution in [3.8, 4) is 0 Å². The van der Waals surface area contributed by atoms with Crippen molar-refractivity contribution in [3.05, 3.63) is 59.4 Å². The molecule has 0 radical (unpaired) electrons. The van der Waals surface area contributed by atoms with Gasteiger partial charge in [-0.2, -0.15) is 0 Å². The predicted octanol–water partition coefficient (Wildman–Crippen LogP) is 3.80. The molecule has 4 nitrogen and oxygen atoms in total. The minimum atomic E-state index is -1.72. The first kappa shape index (κ1) is 17.5. The summed E-state index contributed by atoms with van der Waals surface area (Å²) < 4.78 is 39.4. The van der Waals surface area contributed by atoms with Crippen molar-refractivity contribution in [1.29, 1.82) is 0 Å². The summed E-state index contributed by atoms with van der Waals surface area (Å²) in [6.45, 7) is 4.02. The van der Waals surface area contributed by atoms with Gasteiger partial charge in [-0.1, -0.05) is 26.0 Å². The highest BCUT2D eigenvalue weighted by atomic mass is 19.2. The van der Waals surface area contributed by atoms with Gasteiger partial charge >= 0.3 is 11.8 Å². The zero-order valence-electron chi connectivity index (χ0n) is 13.0. The Kier molecular flexibility index (Phi) is 5.23. The van der Waals surface area contributed by atoms with Crippen molar-refractivity contribution < 1.29 is 22.8 Å². The van der Waals surface area contributed by atoms with E-state index in [1.807, 2.05) is 19.2 Å². The van der Waals surface area contributed by atoms with E-state index in [1.165, 1.54) is 0 Å². The van der Waals surface area contributed by atoms with E-state index in [2.05, 4.69) is 5.32 Å². The number of benzene rings is 2. The maximum absolute atomic E-state index is 13.5. The standard InChI is InChI=1S/C17H15F3N2O2/c1-9(2)10-3-5-11(6-4-10)21-16(23)17(24)22-13-8-7-12(18)14(19)15(13)20/h3-9H,1-2H3,(H,21,23)(H,22,24). The summed E-state index contributed by atoms with van der Waals surface area (Å²) in [6, 6.07) is 8.32. The van der Waals surface area contributed by atoms with Gasteiger partial charge in [0.05, 0.1) is 5.69 Å². The van der Waals surface area contributed by atoms with E-state index in [1.54, 1.807) is 24.3 Å². The normalized spacial score (nSPS) is 10.6. The average molecular weight is 336 g/mol. The lowest BCUT2D eigenvalue weighted by Gasteiger charge is -2.09. The molecule has 0 aromatic heterocycles. The van der Waals surface area contributed by atoms with E-state index < -0.39 is 35.0 Å². The molecular weight excluding hydrogens is 321 g/mol. The summed E-state index contributed by atoms with van der Waals surface area (Å²) in [4.78, 5) is 23.5. The summed E-state index contributed by atoms with van der Waals surface area (Å²) in [6.07, 6.45) is 0. The minimum absolute atomic E-state index is 0.314. The molecule has 0 aliphatic carbocycles. The molecule has 2 N–H and O–H groups in total. The van der Waals surface area contributed by atoms with E-state index in [9.17, 15) is 22.8 Å². The van der Waals surface area contributed by atoms with Gasteiger partial charge in [0.2, 0.25) is 0 Å². The smallest absolute Gasteiger partial charge is 0.314 e. The Morgan fingerprint density at radius 3 is 2.00 bits per heavy atom. The first-order valence-electron chi connectivity index (χ1n) is 7.15. The summed E-state index contributed by atoms with van der Waals surface area (Å²) in [5, 5.41) is 4.23. The zero-order valence-corrected chi connectivity index (χ0v) is 13.0. The van der Waals surface area contributed by atoms with Crippen LogP contribution in [-0.4, -0.2) is 11.8 Å². The van der Waals surface area contributed by atoms with Crippen LogP contribution in [0.5, 0.6) is 0 Å². The van der Waals surface area contributed by atoms with Crippen LogP contribution in [0.4, 0.5) is 24.5 Å². The monoisotopic (exact) mass is 336 g/mol. The molecule has 2 amide bonds. The van der Waals surface area contributed by atoms with Crippen molar-refractivity contribution >= 4 is 23.2 Å². The second-order valence-corrected chi connectivity index (χ2v) is 5.41. The molecule has 0 aliphatic rings. The largest absolute Gasteiger partial charge is 0.318 e. The highest BCUT2D eigenvalue weighted by Crippen LogP contribution is 2.20. The molecule has 24 heavy (non-hydrogen) atoms. The van der Waals surface area contributed by atoms with Crippen LogP contribution < -0.4 is 10.6 Å². The number of nitrogens with one attached hydrogen (secondary N) is 2. The summed E-state index contributed by atoms with van der Waals surface area (Å²) >= 11 is 0. The molecular formula is C17H15F3N2O2. The van der Waals surface area contributed by atoms with E-state index in [0.29, 0.717) is 17.7 Å². The van der Waals surface area contributed by atoms with Crippen LogP contribution in [0.15, 0.2) is 36.4 Å². The van der Waals surface area contributed by atoms with Gasteiger partial charge in [0, 0.05) is 5.69 Å². The van der Waals surface area contributed by atoms with E-state index in [-0.39, 0.29) is 0 Å². The van der Waals surface area contributed by atoms with Gasteiger partial charge < -0.3 is 10.6 Å². The fraction of sp³-hybridized carbons (Fsp3) is 0.176. The molecule has 2 aromatic carbocycles. The van der Waals surface area contributed by atoms with E-state index in [0.717, 1.165) is 11.6 Å². The molecule has 0 heterocycles. The lowest BCUT2D eigenvalue weighted by atomic mass is 10.0. The van der Waals surface area contributed by atoms with Gasteiger partial charge in [-0.15, -0.1) is 0 Å². The average Bonchev–Trinajstić information content (AvgIpc) is 2.55. The van der Waals surface area contributed by atoms with Crippen molar-refractivity contribution in [1.82, 2.24) is 0 Å². The van der Waals surface area contributed by atoms with Crippen LogP contribution in [0.2, 0.25) is 0 Å². The Morgan fingerprint density at radius 2 is 1.42 bits per heavy atom. The molecule has 2 rings (SSSR count). The third-order valence-corrected chi connectivity index (χ3v) is 3.32. The molecule has 7 heteroatoms. The summed E-state index contributed by atoms with van der Waals surface area (Å²) in [7, 11) is 0. The van der Waals surface area contributed by atoms with Gasteiger partial charge in [-0.3, -0.25) is 9.59 Å². The summed E-state index contributed by atoms with van der Waals surface area (Å²) in [5.74, 6) is -6.63. The number of hydrogen-bond acceptors (Lipinski definition) is 2. The molecule has 0 atom stereocenters. The van der Waals surface area contributed by atoms with Gasteiger partial charge in [0.1, 0.15) is 0 Å². The Labute approximate surface area is 136 Å². The first-order chi connectivity index (χ1) is 11.3. The summed E-state index contributed by atoms with van der Waals surface area (Å²) in [5.41, 5.74) is 0.816. The number of halogens is 3. The first-order valence-corrected chi connectivity index (χ1v) is 7.15. The molecule has 0 spiro atoms. The van der Waals surface area contributed by atoms with Crippen molar-refractivity contribution in [2.75, 3.05) is 10.6 Å². The quantitative estimate of drug-likeness (QED) is 0.661. The van der Waals surface area contributed by atoms with E-state index in [4.69, 9.17) is 0 Å². The number of amides is 2. The topological polar surface area (TPSA) is 58.2 Å². The van der Waals surface area contributed by atoms with Crippen LogP contribution in [0.25, 0.3) is 0 Å². The fourth-order valence-electron chi connectivity index (χ4n) is 1.94. The highest BCUT2D eigenvalue weighted by molar-refractivity contribution is 6.43. The SMILES string of the molecule is CC(C)c1ccc(NC(=O)C(=O)Nc2ccc(F)c(F)c2F)cc1. The minimum Gasteiger partial charge on any atom is -0.318 e. The van der Waals surface area contributed by atoms with Crippen LogP contribution >= 0.6 is 0 Å². The molecule has 0 bridgehead atoms. The second-order valence-electron chi connectivity index (χ2n) is 5.41. The van der Waals surface area contributed by atoms with Crippen LogP contribution in [0.3, 0.4) is 0 Å². The predicted molar refractivity (Wildman–Crippen MR) is 84.1 cm³/mol. The van der Waals surface area contributed by atoms with Crippen molar-refractivity contribution in [2.24, 2.45) is 0 Å². The van der Waals surface area contributed by atoms with Gasteiger partial charge in [0.15, 0.2) is 17.5 Å². The zero-order chi connectivity index (χ0) is 17.9. The molecule has 2 aromatic rings. The molecule has 0 aliphatic heterocycles. The van der Waals surface area contributed by atoms with Gasteiger partial charge in [0.25, 0.3) is 0 Å². The van der Waals surface area contributed by atoms with Gasteiger partial charge in [-0.25, -0.2) is 13.2 Å². The Balaban J connectivity index is 2.05. The van der Waals surface area contributed by atoms with E-state index >= 15 is 0 Å².